The Morgan fingerprint density at radius 3 is 3.56 bits per heavy atom. The lowest BCUT2D eigenvalue weighted by atomic mass is 10.2. The Balaban J connectivity index is 2.23. The van der Waals surface area contributed by atoms with Gasteiger partial charge >= 0.3 is 0 Å². The van der Waals surface area contributed by atoms with Gasteiger partial charge in [0.05, 0.1) is 6.26 Å². The maximum Gasteiger partial charge on any atom is 0.129 e. The minimum absolute atomic E-state index is 0.403. The molecule has 2 rings (SSSR count). The molecule has 2 heteroatoms. The van der Waals surface area contributed by atoms with Crippen LogP contribution in [-0.4, -0.2) is 11.9 Å². The highest BCUT2D eigenvalue weighted by atomic mass is 32.2. The van der Waals surface area contributed by atoms with E-state index in [2.05, 4.69) is 6.08 Å². The average molecular weight is 140 g/mol. The van der Waals surface area contributed by atoms with Crippen molar-refractivity contribution in [1.82, 2.24) is 0 Å². The van der Waals surface area contributed by atoms with Gasteiger partial charge < -0.3 is 4.74 Å². The molecule has 0 spiro atoms. The third-order valence-electron chi connectivity index (χ3n) is 1.55. The second kappa shape index (κ2) is 2.10. The van der Waals surface area contributed by atoms with Crippen LogP contribution in [-0.2, 0) is 4.74 Å². The van der Waals surface area contributed by atoms with Crippen molar-refractivity contribution in [3.05, 3.63) is 23.3 Å². The lowest BCUT2D eigenvalue weighted by Gasteiger charge is -2.12. The number of allylic oxidation sites excluding steroid dienone is 2. The molecule has 2 heterocycles. The second-order valence-corrected chi connectivity index (χ2v) is 3.33. The predicted octanol–water partition coefficient (Wildman–Crippen LogP) is 1.92. The van der Waals surface area contributed by atoms with Crippen LogP contribution in [0.25, 0.3) is 0 Å². The van der Waals surface area contributed by atoms with Crippen LogP contribution in [0, 0.1) is 0 Å². The van der Waals surface area contributed by atoms with Crippen LogP contribution >= 0.6 is 11.8 Å². The van der Waals surface area contributed by atoms with Crippen LogP contribution < -0.4 is 0 Å². The van der Waals surface area contributed by atoms with Crippen molar-refractivity contribution in [2.45, 2.75) is 12.5 Å². The van der Waals surface area contributed by atoms with Gasteiger partial charge in [-0.3, -0.25) is 0 Å². The van der Waals surface area contributed by atoms with Crippen molar-refractivity contribution in [2.24, 2.45) is 0 Å². The molecule has 0 amide bonds. The predicted molar refractivity (Wildman–Crippen MR) is 39.2 cm³/mol. The van der Waals surface area contributed by atoms with Gasteiger partial charge in [0.15, 0.2) is 0 Å². The van der Waals surface area contributed by atoms with Gasteiger partial charge in [0.1, 0.15) is 6.10 Å². The van der Waals surface area contributed by atoms with Crippen LogP contribution in [0.15, 0.2) is 23.3 Å². The molecule has 0 aromatic carbocycles. The van der Waals surface area contributed by atoms with Crippen LogP contribution in [0.2, 0.25) is 0 Å². The highest BCUT2D eigenvalue weighted by Crippen LogP contribution is 2.34. The lowest BCUT2D eigenvalue weighted by Crippen LogP contribution is -2.07. The first-order chi connectivity index (χ1) is 4.47. The fourth-order valence-electron chi connectivity index (χ4n) is 1.08. The average Bonchev–Trinajstić information content (AvgIpc) is 2.33. The summed E-state index contributed by atoms with van der Waals surface area (Å²) in [6.45, 7) is 0. The molecule has 1 atom stereocenters. The molecule has 2 aliphatic rings. The SMILES string of the molecule is C1=COC2CCSC2=C1. The van der Waals surface area contributed by atoms with E-state index in [-0.39, 0.29) is 0 Å². The highest BCUT2D eigenvalue weighted by molar-refractivity contribution is 8.03. The van der Waals surface area contributed by atoms with E-state index in [9.17, 15) is 0 Å². The minimum atomic E-state index is 0.403. The van der Waals surface area contributed by atoms with Crippen LogP contribution in [0.3, 0.4) is 0 Å². The van der Waals surface area contributed by atoms with E-state index in [0.29, 0.717) is 6.10 Å². The van der Waals surface area contributed by atoms with E-state index in [1.165, 1.54) is 17.1 Å². The molecule has 1 unspecified atom stereocenters. The highest BCUT2D eigenvalue weighted by Gasteiger charge is 2.22. The van der Waals surface area contributed by atoms with Crippen molar-refractivity contribution in [2.75, 3.05) is 5.75 Å². The van der Waals surface area contributed by atoms with E-state index in [4.69, 9.17) is 4.74 Å². The summed E-state index contributed by atoms with van der Waals surface area (Å²) in [5, 5.41) is 0. The third kappa shape index (κ3) is 0.874. The second-order valence-electron chi connectivity index (χ2n) is 2.16. The maximum atomic E-state index is 5.33. The first-order valence-electron chi connectivity index (χ1n) is 3.12. The summed E-state index contributed by atoms with van der Waals surface area (Å²) in [5.74, 6) is 1.22. The third-order valence-corrected chi connectivity index (χ3v) is 2.72. The molecule has 48 valence electrons. The molecule has 9 heavy (non-hydrogen) atoms. The molecule has 1 nitrogen and oxygen atoms in total. The van der Waals surface area contributed by atoms with Crippen molar-refractivity contribution in [3.63, 3.8) is 0 Å². The van der Waals surface area contributed by atoms with Gasteiger partial charge in [0.2, 0.25) is 0 Å². The number of hydrogen-bond acceptors (Lipinski definition) is 2. The summed E-state index contributed by atoms with van der Waals surface area (Å²) in [7, 11) is 0. The Morgan fingerprint density at radius 1 is 1.67 bits per heavy atom. The lowest BCUT2D eigenvalue weighted by molar-refractivity contribution is 0.181. The van der Waals surface area contributed by atoms with Gasteiger partial charge in [-0.1, -0.05) is 0 Å². The smallest absolute Gasteiger partial charge is 0.129 e. The van der Waals surface area contributed by atoms with Crippen molar-refractivity contribution >= 4 is 11.8 Å². The summed E-state index contributed by atoms with van der Waals surface area (Å²) in [4.78, 5) is 1.40. The topological polar surface area (TPSA) is 9.23 Å². The minimum Gasteiger partial charge on any atom is -0.493 e. The molecule has 0 bridgehead atoms. The molecule has 0 aromatic heterocycles. The normalized spacial score (nSPS) is 31.1. The molecule has 0 aromatic rings. The van der Waals surface area contributed by atoms with Gasteiger partial charge in [0, 0.05) is 10.7 Å². The quantitative estimate of drug-likeness (QED) is 0.508. The molecular weight excluding hydrogens is 132 g/mol. The summed E-state index contributed by atoms with van der Waals surface area (Å²) in [6.07, 6.45) is 7.47. The maximum absolute atomic E-state index is 5.33. The van der Waals surface area contributed by atoms with E-state index in [1.54, 1.807) is 6.26 Å². The number of fused-ring (bicyclic) bond motifs is 1. The van der Waals surface area contributed by atoms with Gasteiger partial charge in [-0.15, -0.1) is 11.8 Å². The van der Waals surface area contributed by atoms with Crippen molar-refractivity contribution in [3.8, 4) is 0 Å². The molecule has 0 saturated carbocycles. The van der Waals surface area contributed by atoms with E-state index in [1.807, 2.05) is 17.8 Å². The Hall–Kier alpha value is -0.370. The zero-order valence-corrected chi connectivity index (χ0v) is 5.86. The van der Waals surface area contributed by atoms with Gasteiger partial charge in [-0.25, -0.2) is 0 Å². The Kier molecular flexibility index (Phi) is 1.27. The zero-order valence-electron chi connectivity index (χ0n) is 5.04. The van der Waals surface area contributed by atoms with E-state index < -0.39 is 0 Å². The number of ether oxygens (including phenoxy) is 1. The largest absolute Gasteiger partial charge is 0.493 e. The Labute approximate surface area is 58.8 Å². The fraction of sp³-hybridized carbons (Fsp3) is 0.429. The van der Waals surface area contributed by atoms with Crippen molar-refractivity contribution < 1.29 is 4.74 Å². The summed E-state index contributed by atoms with van der Waals surface area (Å²) < 4.78 is 5.33. The molecule has 0 N–H and O–H groups in total. The number of hydrogen-bond donors (Lipinski definition) is 0. The Bertz CT molecular complexity index is 172. The van der Waals surface area contributed by atoms with Gasteiger partial charge in [0.25, 0.3) is 0 Å². The van der Waals surface area contributed by atoms with E-state index in [0.717, 1.165) is 0 Å². The Morgan fingerprint density at radius 2 is 2.67 bits per heavy atom. The van der Waals surface area contributed by atoms with Crippen LogP contribution in [0.1, 0.15) is 6.42 Å². The molecule has 1 saturated heterocycles. The van der Waals surface area contributed by atoms with Crippen molar-refractivity contribution in [1.29, 1.82) is 0 Å². The fourth-order valence-corrected chi connectivity index (χ4v) is 2.19. The molecule has 2 aliphatic heterocycles. The van der Waals surface area contributed by atoms with Crippen LogP contribution in [0.4, 0.5) is 0 Å². The molecule has 1 fully saturated rings. The molecule has 0 radical (unpaired) electrons. The standard InChI is InChI=1S/C7H8OS/c1-2-7-6(8-4-1)3-5-9-7/h1-2,4,6H,3,5H2. The monoisotopic (exact) mass is 140 g/mol. The summed E-state index contributed by atoms with van der Waals surface area (Å²) >= 11 is 1.91. The zero-order chi connectivity index (χ0) is 6.10. The van der Waals surface area contributed by atoms with Gasteiger partial charge in [-0.05, 0) is 18.6 Å². The summed E-state index contributed by atoms with van der Waals surface area (Å²) in [6, 6.07) is 0. The number of thioether (sulfide) groups is 1. The molecular formula is C7H8OS. The van der Waals surface area contributed by atoms with Gasteiger partial charge in [-0.2, -0.15) is 0 Å². The van der Waals surface area contributed by atoms with Crippen LogP contribution in [0.5, 0.6) is 0 Å². The first-order valence-corrected chi connectivity index (χ1v) is 4.10. The molecule has 0 aliphatic carbocycles. The first kappa shape index (κ1) is 5.42. The van der Waals surface area contributed by atoms with E-state index >= 15 is 0 Å². The number of rotatable bonds is 0. The summed E-state index contributed by atoms with van der Waals surface area (Å²) in [5.41, 5.74) is 0.